The fraction of sp³-hybridized carbons (Fsp3) is 0.409. The number of fused-ring (bicyclic) bond motifs is 1. The Labute approximate surface area is 159 Å². The number of carboxylic acid groups (broad SMARTS) is 1. The fourth-order valence-corrected chi connectivity index (χ4v) is 3.52. The molecule has 27 heavy (non-hydrogen) atoms. The van der Waals surface area contributed by atoms with Crippen molar-refractivity contribution in [2.24, 2.45) is 0 Å². The van der Waals surface area contributed by atoms with Crippen LogP contribution in [-0.2, 0) is 11.2 Å². The molecule has 0 spiro atoms. The molecule has 3 rings (SSSR count). The van der Waals surface area contributed by atoms with Gasteiger partial charge in [-0.25, -0.2) is 0 Å². The van der Waals surface area contributed by atoms with E-state index >= 15 is 0 Å². The summed E-state index contributed by atoms with van der Waals surface area (Å²) >= 11 is 0. The molecule has 0 saturated carbocycles. The maximum Gasteiger partial charge on any atom is 0.303 e. The van der Waals surface area contributed by atoms with Gasteiger partial charge in [0.25, 0.3) is 0 Å². The number of carbonyl (C=O) groups is 1. The molecule has 0 saturated heterocycles. The zero-order chi connectivity index (χ0) is 19.2. The number of carboxylic acids is 1. The van der Waals surface area contributed by atoms with Gasteiger partial charge >= 0.3 is 5.97 Å². The molecule has 0 aromatic heterocycles. The van der Waals surface area contributed by atoms with Crippen LogP contribution in [0.25, 0.3) is 0 Å². The predicted octanol–water partition coefficient (Wildman–Crippen LogP) is 4.36. The number of rotatable bonds is 9. The van der Waals surface area contributed by atoms with E-state index in [9.17, 15) is 4.79 Å². The van der Waals surface area contributed by atoms with Crippen LogP contribution in [0.3, 0.4) is 0 Å². The molecule has 144 valence electrons. The standard InChI is InChI=1S/C22H26O5/c1-15-4-9-20(21(12-15)25-2)27-11-3-10-26-18-7-8-19-16(13-18)5-6-17(19)14-22(23)24/h4,7-9,12-13,17H,3,5-6,10-11,14H2,1-2H3,(H,23,24)/t17-/m0/s1. The number of aryl methyl sites for hydroxylation is 2. The molecule has 0 amide bonds. The Kier molecular flexibility index (Phi) is 6.22. The molecule has 1 aliphatic carbocycles. The monoisotopic (exact) mass is 370 g/mol. The van der Waals surface area contributed by atoms with E-state index in [0.717, 1.165) is 47.6 Å². The lowest BCUT2D eigenvalue weighted by Crippen LogP contribution is -2.06. The van der Waals surface area contributed by atoms with E-state index in [1.807, 2.05) is 43.3 Å². The van der Waals surface area contributed by atoms with E-state index in [0.29, 0.717) is 13.2 Å². The summed E-state index contributed by atoms with van der Waals surface area (Å²) in [6.07, 6.45) is 2.78. The van der Waals surface area contributed by atoms with Crippen LogP contribution >= 0.6 is 0 Å². The molecule has 0 radical (unpaired) electrons. The average Bonchev–Trinajstić information content (AvgIpc) is 3.04. The second kappa shape index (κ2) is 8.80. The Morgan fingerprint density at radius 1 is 1.11 bits per heavy atom. The van der Waals surface area contributed by atoms with Crippen molar-refractivity contribution in [3.63, 3.8) is 0 Å². The summed E-state index contributed by atoms with van der Waals surface area (Å²) in [7, 11) is 1.64. The third-order valence-electron chi connectivity index (χ3n) is 4.87. The van der Waals surface area contributed by atoms with Crippen molar-refractivity contribution in [3.8, 4) is 17.2 Å². The molecule has 0 unspecified atom stereocenters. The molecular formula is C22H26O5. The molecule has 5 heteroatoms. The Hall–Kier alpha value is -2.69. The number of hydrogen-bond acceptors (Lipinski definition) is 4. The van der Waals surface area contributed by atoms with Crippen molar-refractivity contribution in [2.45, 2.75) is 38.5 Å². The maximum absolute atomic E-state index is 10.9. The lowest BCUT2D eigenvalue weighted by molar-refractivity contribution is -0.137. The molecule has 1 atom stereocenters. The first-order valence-electron chi connectivity index (χ1n) is 9.31. The summed E-state index contributed by atoms with van der Waals surface area (Å²) in [6, 6.07) is 11.9. The molecule has 0 bridgehead atoms. The van der Waals surface area contributed by atoms with Crippen LogP contribution in [0.2, 0.25) is 0 Å². The van der Waals surface area contributed by atoms with E-state index < -0.39 is 5.97 Å². The Morgan fingerprint density at radius 3 is 2.70 bits per heavy atom. The van der Waals surface area contributed by atoms with Gasteiger partial charge in [0, 0.05) is 6.42 Å². The van der Waals surface area contributed by atoms with Gasteiger partial charge in [0.05, 0.1) is 26.7 Å². The Balaban J connectivity index is 1.46. The minimum atomic E-state index is -0.738. The van der Waals surface area contributed by atoms with Crippen LogP contribution in [0.5, 0.6) is 17.2 Å². The average molecular weight is 370 g/mol. The van der Waals surface area contributed by atoms with Gasteiger partial charge in [-0.2, -0.15) is 0 Å². The highest BCUT2D eigenvalue weighted by atomic mass is 16.5. The van der Waals surface area contributed by atoms with Crippen molar-refractivity contribution in [1.29, 1.82) is 0 Å². The highest BCUT2D eigenvalue weighted by molar-refractivity contribution is 5.68. The van der Waals surface area contributed by atoms with Gasteiger partial charge in [-0.15, -0.1) is 0 Å². The number of hydrogen-bond donors (Lipinski definition) is 1. The number of aliphatic carboxylic acids is 1. The second-order valence-electron chi connectivity index (χ2n) is 6.90. The summed E-state index contributed by atoms with van der Waals surface area (Å²) in [5.41, 5.74) is 3.49. The number of methoxy groups -OCH3 is 1. The van der Waals surface area contributed by atoms with Gasteiger partial charge in [-0.3, -0.25) is 4.79 Å². The van der Waals surface area contributed by atoms with Crippen molar-refractivity contribution in [1.82, 2.24) is 0 Å². The summed E-state index contributed by atoms with van der Waals surface area (Å²) in [5, 5.41) is 9.01. The third kappa shape index (κ3) is 4.94. The zero-order valence-electron chi connectivity index (χ0n) is 15.9. The smallest absolute Gasteiger partial charge is 0.303 e. The molecule has 0 fully saturated rings. The minimum absolute atomic E-state index is 0.129. The van der Waals surface area contributed by atoms with E-state index in [1.165, 1.54) is 5.56 Å². The van der Waals surface area contributed by atoms with Gasteiger partial charge < -0.3 is 19.3 Å². The van der Waals surface area contributed by atoms with Crippen LogP contribution in [0.1, 0.15) is 41.9 Å². The van der Waals surface area contributed by atoms with Crippen LogP contribution in [0, 0.1) is 6.92 Å². The van der Waals surface area contributed by atoms with Crippen LogP contribution in [0.4, 0.5) is 0 Å². The molecule has 0 heterocycles. The Bertz CT molecular complexity index is 799. The quantitative estimate of drug-likeness (QED) is 0.665. The predicted molar refractivity (Wildman–Crippen MR) is 103 cm³/mol. The lowest BCUT2D eigenvalue weighted by atomic mass is 9.98. The SMILES string of the molecule is COc1cc(C)ccc1OCCCOc1ccc2c(c1)CC[C@H]2CC(=O)O. The first-order valence-corrected chi connectivity index (χ1v) is 9.31. The topological polar surface area (TPSA) is 65.0 Å². The molecular weight excluding hydrogens is 344 g/mol. The van der Waals surface area contributed by atoms with E-state index in [4.69, 9.17) is 19.3 Å². The fourth-order valence-electron chi connectivity index (χ4n) is 3.52. The van der Waals surface area contributed by atoms with E-state index in [1.54, 1.807) is 7.11 Å². The van der Waals surface area contributed by atoms with Crippen LogP contribution in [0.15, 0.2) is 36.4 Å². The van der Waals surface area contributed by atoms with Gasteiger partial charge in [0.2, 0.25) is 0 Å². The normalized spacial score (nSPS) is 15.3. The maximum atomic E-state index is 10.9. The van der Waals surface area contributed by atoms with Gasteiger partial charge in [-0.05, 0) is 66.6 Å². The van der Waals surface area contributed by atoms with Gasteiger partial charge in [0.1, 0.15) is 5.75 Å². The molecule has 1 aliphatic rings. The van der Waals surface area contributed by atoms with E-state index in [2.05, 4.69) is 0 Å². The first kappa shape index (κ1) is 19.1. The molecule has 2 aromatic carbocycles. The summed E-state index contributed by atoms with van der Waals surface area (Å²) < 4.78 is 17.0. The van der Waals surface area contributed by atoms with Crippen molar-refractivity contribution in [3.05, 3.63) is 53.1 Å². The van der Waals surface area contributed by atoms with E-state index in [-0.39, 0.29) is 12.3 Å². The molecule has 0 aliphatic heterocycles. The lowest BCUT2D eigenvalue weighted by Gasteiger charge is -2.12. The first-order chi connectivity index (χ1) is 13.1. The van der Waals surface area contributed by atoms with Crippen LogP contribution in [-0.4, -0.2) is 31.4 Å². The van der Waals surface area contributed by atoms with Gasteiger partial charge in [0.15, 0.2) is 11.5 Å². The van der Waals surface area contributed by atoms with Crippen molar-refractivity contribution < 1.29 is 24.1 Å². The Morgan fingerprint density at radius 2 is 1.93 bits per heavy atom. The number of benzene rings is 2. The summed E-state index contributed by atoms with van der Waals surface area (Å²) in [4.78, 5) is 10.9. The highest BCUT2D eigenvalue weighted by Gasteiger charge is 2.24. The minimum Gasteiger partial charge on any atom is -0.493 e. The molecule has 2 aromatic rings. The highest BCUT2D eigenvalue weighted by Crippen LogP contribution is 2.37. The summed E-state index contributed by atoms with van der Waals surface area (Å²) in [5.74, 6) is 1.70. The zero-order valence-corrected chi connectivity index (χ0v) is 15.9. The van der Waals surface area contributed by atoms with Gasteiger partial charge in [-0.1, -0.05) is 12.1 Å². The van der Waals surface area contributed by atoms with Crippen molar-refractivity contribution >= 4 is 5.97 Å². The largest absolute Gasteiger partial charge is 0.493 e. The van der Waals surface area contributed by atoms with Crippen LogP contribution < -0.4 is 14.2 Å². The summed E-state index contributed by atoms with van der Waals surface area (Å²) in [6.45, 7) is 3.12. The van der Waals surface area contributed by atoms with Crippen molar-refractivity contribution in [2.75, 3.05) is 20.3 Å². The molecule has 5 nitrogen and oxygen atoms in total. The number of ether oxygens (including phenoxy) is 3. The second-order valence-corrected chi connectivity index (χ2v) is 6.90. The molecule has 1 N–H and O–H groups in total. The third-order valence-corrected chi connectivity index (χ3v) is 4.87.